The molecule has 104 valence electrons. The van der Waals surface area contributed by atoms with Crippen molar-refractivity contribution in [2.45, 2.75) is 26.4 Å². The summed E-state index contributed by atoms with van der Waals surface area (Å²) in [6, 6.07) is 1.77. The van der Waals surface area contributed by atoms with Gasteiger partial charge in [-0.25, -0.2) is 0 Å². The van der Waals surface area contributed by atoms with Gasteiger partial charge in [0.25, 0.3) is 5.91 Å². The third-order valence-corrected chi connectivity index (χ3v) is 3.16. The molecule has 1 unspecified atom stereocenters. The molecular weight excluding hydrogens is 242 g/mol. The van der Waals surface area contributed by atoms with Gasteiger partial charge in [-0.3, -0.25) is 9.78 Å². The van der Waals surface area contributed by atoms with Crippen LogP contribution in [0.2, 0.25) is 0 Å². The number of ether oxygens (including phenoxy) is 1. The van der Waals surface area contributed by atoms with Crippen LogP contribution in [0.25, 0.3) is 0 Å². The Morgan fingerprint density at radius 3 is 3.26 bits per heavy atom. The van der Waals surface area contributed by atoms with Crippen LogP contribution in [-0.4, -0.2) is 48.1 Å². The van der Waals surface area contributed by atoms with Crippen LogP contribution < -0.4 is 5.32 Å². The third kappa shape index (κ3) is 3.44. The Morgan fingerprint density at radius 1 is 1.63 bits per heavy atom. The van der Waals surface area contributed by atoms with E-state index in [4.69, 9.17) is 4.74 Å². The summed E-state index contributed by atoms with van der Waals surface area (Å²) in [6.45, 7) is 6.89. The molecule has 1 saturated heterocycles. The molecule has 1 atom stereocenters. The van der Waals surface area contributed by atoms with Crippen LogP contribution in [0, 0.1) is 0 Å². The number of pyridine rings is 1. The van der Waals surface area contributed by atoms with Crippen LogP contribution in [0.1, 0.15) is 30.6 Å². The highest BCUT2D eigenvalue weighted by Crippen LogP contribution is 2.17. The van der Waals surface area contributed by atoms with E-state index in [9.17, 15) is 4.79 Å². The third-order valence-electron chi connectivity index (χ3n) is 3.16. The second-order valence-electron chi connectivity index (χ2n) is 4.74. The van der Waals surface area contributed by atoms with Gasteiger partial charge in [-0.2, -0.15) is 0 Å². The Labute approximate surface area is 114 Å². The van der Waals surface area contributed by atoms with Crippen LogP contribution in [0.15, 0.2) is 18.5 Å². The van der Waals surface area contributed by atoms with Gasteiger partial charge < -0.3 is 15.0 Å². The van der Waals surface area contributed by atoms with Gasteiger partial charge in [-0.05, 0) is 26.3 Å². The number of carbonyl (C=O) groups excluding carboxylic acids is 1. The maximum Gasteiger partial charge on any atom is 0.256 e. The van der Waals surface area contributed by atoms with Gasteiger partial charge in [-0.1, -0.05) is 0 Å². The normalized spacial score (nSPS) is 19.9. The van der Waals surface area contributed by atoms with Gasteiger partial charge in [0.2, 0.25) is 0 Å². The van der Waals surface area contributed by atoms with Crippen molar-refractivity contribution in [3.63, 3.8) is 0 Å². The second kappa shape index (κ2) is 6.52. The van der Waals surface area contributed by atoms with Crippen molar-refractivity contribution in [3.05, 3.63) is 24.0 Å². The zero-order chi connectivity index (χ0) is 13.7. The average molecular weight is 263 g/mol. The molecule has 0 aromatic carbocycles. The molecule has 0 bridgehead atoms. The Bertz CT molecular complexity index is 436. The van der Waals surface area contributed by atoms with Crippen LogP contribution in [0.3, 0.4) is 0 Å². The van der Waals surface area contributed by atoms with Gasteiger partial charge in [0.15, 0.2) is 0 Å². The standard InChI is InChI=1S/C14H21N3O2/c1-3-16-13-9-15-6-5-12(13)14(18)17-7-4-8-19-11(2)10-17/h5-6,9,11,16H,3-4,7-8,10H2,1-2H3. The van der Waals surface area contributed by atoms with Crippen LogP contribution in [0.5, 0.6) is 0 Å². The lowest BCUT2D eigenvalue weighted by Gasteiger charge is -2.23. The number of aromatic nitrogens is 1. The zero-order valence-electron chi connectivity index (χ0n) is 11.6. The van der Waals surface area contributed by atoms with E-state index in [-0.39, 0.29) is 12.0 Å². The Morgan fingerprint density at radius 2 is 2.47 bits per heavy atom. The van der Waals surface area contributed by atoms with E-state index in [1.165, 1.54) is 0 Å². The highest BCUT2D eigenvalue weighted by atomic mass is 16.5. The summed E-state index contributed by atoms with van der Waals surface area (Å²) in [5.41, 5.74) is 1.48. The predicted octanol–water partition coefficient (Wildman–Crippen LogP) is 1.76. The average Bonchev–Trinajstić information content (AvgIpc) is 2.64. The maximum atomic E-state index is 12.6. The molecule has 0 spiro atoms. The molecule has 0 radical (unpaired) electrons. The number of carbonyl (C=O) groups is 1. The molecule has 0 aliphatic carbocycles. The molecule has 1 fully saturated rings. The van der Waals surface area contributed by atoms with Gasteiger partial charge in [0, 0.05) is 32.4 Å². The minimum absolute atomic E-state index is 0.0516. The molecule has 0 saturated carbocycles. The first-order chi connectivity index (χ1) is 9.22. The number of hydrogen-bond acceptors (Lipinski definition) is 4. The number of hydrogen-bond donors (Lipinski definition) is 1. The van der Waals surface area contributed by atoms with Crippen LogP contribution in [0.4, 0.5) is 5.69 Å². The molecular formula is C14H21N3O2. The highest BCUT2D eigenvalue weighted by molar-refractivity contribution is 5.99. The largest absolute Gasteiger partial charge is 0.383 e. The number of amides is 1. The van der Waals surface area contributed by atoms with Gasteiger partial charge in [0.1, 0.15) is 0 Å². The fraction of sp³-hybridized carbons (Fsp3) is 0.571. The molecule has 1 aromatic rings. The van der Waals surface area contributed by atoms with Crippen LogP contribution in [-0.2, 0) is 4.74 Å². The SMILES string of the molecule is CCNc1cnccc1C(=O)N1CCCOC(C)C1. The van der Waals surface area contributed by atoms with Crippen molar-refractivity contribution in [2.24, 2.45) is 0 Å². The Kier molecular flexibility index (Phi) is 4.74. The first kappa shape index (κ1) is 13.8. The van der Waals surface area contributed by atoms with Crippen LogP contribution >= 0.6 is 0 Å². The summed E-state index contributed by atoms with van der Waals surface area (Å²) in [5, 5.41) is 3.18. The first-order valence-electron chi connectivity index (χ1n) is 6.81. The molecule has 1 amide bonds. The molecule has 2 heterocycles. The lowest BCUT2D eigenvalue weighted by atomic mass is 10.2. The van der Waals surface area contributed by atoms with Crippen molar-refractivity contribution >= 4 is 11.6 Å². The van der Waals surface area contributed by atoms with E-state index in [1.54, 1.807) is 18.5 Å². The van der Waals surface area contributed by atoms with Crippen molar-refractivity contribution in [1.29, 1.82) is 0 Å². The summed E-state index contributed by atoms with van der Waals surface area (Å²) < 4.78 is 5.57. The maximum absolute atomic E-state index is 12.6. The summed E-state index contributed by atoms with van der Waals surface area (Å²) in [7, 11) is 0. The van der Waals surface area contributed by atoms with E-state index in [2.05, 4.69) is 10.3 Å². The molecule has 19 heavy (non-hydrogen) atoms. The number of nitrogens with one attached hydrogen (secondary N) is 1. The summed E-state index contributed by atoms with van der Waals surface area (Å²) >= 11 is 0. The minimum Gasteiger partial charge on any atom is -0.383 e. The monoisotopic (exact) mass is 263 g/mol. The molecule has 1 aliphatic heterocycles. The molecule has 1 aliphatic rings. The minimum atomic E-state index is 0.0516. The second-order valence-corrected chi connectivity index (χ2v) is 4.74. The van der Waals surface area contributed by atoms with Gasteiger partial charge in [0.05, 0.1) is 23.6 Å². The fourth-order valence-electron chi connectivity index (χ4n) is 2.26. The van der Waals surface area contributed by atoms with E-state index in [1.807, 2.05) is 18.7 Å². The first-order valence-corrected chi connectivity index (χ1v) is 6.81. The predicted molar refractivity (Wildman–Crippen MR) is 74.3 cm³/mol. The summed E-state index contributed by atoms with van der Waals surface area (Å²) in [5.74, 6) is 0.0516. The summed E-state index contributed by atoms with van der Waals surface area (Å²) in [6.07, 6.45) is 4.34. The molecule has 2 rings (SSSR count). The van der Waals surface area contributed by atoms with Crippen molar-refractivity contribution < 1.29 is 9.53 Å². The van der Waals surface area contributed by atoms with E-state index in [0.29, 0.717) is 12.1 Å². The van der Waals surface area contributed by atoms with Crippen molar-refractivity contribution in [1.82, 2.24) is 9.88 Å². The van der Waals surface area contributed by atoms with Crippen molar-refractivity contribution in [3.8, 4) is 0 Å². The fourth-order valence-corrected chi connectivity index (χ4v) is 2.26. The smallest absolute Gasteiger partial charge is 0.256 e. The zero-order valence-corrected chi connectivity index (χ0v) is 11.6. The summed E-state index contributed by atoms with van der Waals surface area (Å²) in [4.78, 5) is 18.5. The molecule has 1 N–H and O–H groups in total. The van der Waals surface area contributed by atoms with E-state index in [0.717, 1.165) is 31.8 Å². The lowest BCUT2D eigenvalue weighted by Crippen LogP contribution is -2.36. The topological polar surface area (TPSA) is 54.5 Å². The van der Waals surface area contributed by atoms with Gasteiger partial charge >= 0.3 is 0 Å². The van der Waals surface area contributed by atoms with E-state index < -0.39 is 0 Å². The molecule has 1 aromatic heterocycles. The van der Waals surface area contributed by atoms with Gasteiger partial charge in [-0.15, -0.1) is 0 Å². The Balaban J connectivity index is 2.18. The Hall–Kier alpha value is -1.62. The molecule has 5 heteroatoms. The number of nitrogens with zero attached hydrogens (tertiary/aromatic N) is 2. The molecule has 5 nitrogen and oxygen atoms in total. The number of rotatable bonds is 3. The number of anilines is 1. The van der Waals surface area contributed by atoms with Crippen molar-refractivity contribution in [2.75, 3.05) is 31.6 Å². The quantitative estimate of drug-likeness (QED) is 0.903. The van der Waals surface area contributed by atoms with E-state index >= 15 is 0 Å². The highest BCUT2D eigenvalue weighted by Gasteiger charge is 2.22. The lowest BCUT2D eigenvalue weighted by molar-refractivity contribution is 0.0563.